The van der Waals surface area contributed by atoms with Gasteiger partial charge in [0.1, 0.15) is 11.6 Å². The molecule has 1 aromatic rings. The van der Waals surface area contributed by atoms with Gasteiger partial charge in [-0.2, -0.15) is 0 Å². The van der Waals surface area contributed by atoms with Gasteiger partial charge in [0.05, 0.1) is 11.0 Å². The van der Waals surface area contributed by atoms with Crippen LogP contribution in [0.5, 0.6) is 0 Å². The van der Waals surface area contributed by atoms with E-state index in [1.165, 1.54) is 12.1 Å². The molecule has 0 saturated heterocycles. The molecule has 0 radical (unpaired) electrons. The molecule has 0 aliphatic carbocycles. The molecule has 0 spiro atoms. The number of halogens is 3. The molecule has 0 aliphatic rings. The lowest BCUT2D eigenvalue weighted by atomic mass is 10.2. The molecule has 0 unspecified atom stereocenters. The summed E-state index contributed by atoms with van der Waals surface area (Å²) in [5.74, 6) is -1.39. The first-order valence-electron chi connectivity index (χ1n) is 6.03. The minimum Gasteiger partial charge on any atom is -0.355 e. The van der Waals surface area contributed by atoms with Gasteiger partial charge in [0.25, 0.3) is 0 Å². The summed E-state index contributed by atoms with van der Waals surface area (Å²) in [5, 5.41) is 2.71. The Morgan fingerprint density at radius 1 is 1.42 bits per heavy atom. The topological polar surface area (TPSA) is 32.3 Å². The lowest BCUT2D eigenvalue weighted by Gasteiger charge is -2.17. The second kappa shape index (κ2) is 7.55. The van der Waals surface area contributed by atoms with Crippen molar-refractivity contribution >= 4 is 21.8 Å². The van der Waals surface area contributed by atoms with Crippen LogP contribution in [-0.4, -0.2) is 30.9 Å². The van der Waals surface area contributed by atoms with Gasteiger partial charge < -0.3 is 5.32 Å². The van der Waals surface area contributed by atoms with Gasteiger partial charge >= 0.3 is 0 Å². The van der Waals surface area contributed by atoms with E-state index in [4.69, 9.17) is 0 Å². The first-order valence-corrected chi connectivity index (χ1v) is 6.82. The summed E-state index contributed by atoms with van der Waals surface area (Å²) in [6, 6.07) is 2.52. The van der Waals surface area contributed by atoms with Crippen LogP contribution in [-0.2, 0) is 11.3 Å². The fourth-order valence-electron chi connectivity index (χ4n) is 1.61. The Morgan fingerprint density at radius 2 is 2.11 bits per heavy atom. The number of hydrogen-bond donors (Lipinski definition) is 1. The molecule has 1 aromatic carbocycles. The van der Waals surface area contributed by atoms with Crippen molar-refractivity contribution in [2.75, 3.05) is 20.1 Å². The minimum atomic E-state index is -0.624. The molecule has 19 heavy (non-hydrogen) atoms. The van der Waals surface area contributed by atoms with Crippen LogP contribution in [0.25, 0.3) is 0 Å². The average molecular weight is 335 g/mol. The second-order valence-corrected chi connectivity index (χ2v) is 5.20. The predicted octanol–water partition coefficient (Wildman–Crippen LogP) is 2.69. The highest BCUT2D eigenvalue weighted by Gasteiger charge is 2.15. The van der Waals surface area contributed by atoms with Crippen molar-refractivity contribution in [3.63, 3.8) is 0 Å². The summed E-state index contributed by atoms with van der Waals surface area (Å²) < 4.78 is 27.5. The van der Waals surface area contributed by atoms with Crippen LogP contribution in [0.4, 0.5) is 8.78 Å². The van der Waals surface area contributed by atoms with E-state index in [2.05, 4.69) is 21.2 Å². The van der Waals surface area contributed by atoms with E-state index >= 15 is 0 Å². The third kappa shape index (κ3) is 4.87. The highest BCUT2D eigenvalue weighted by atomic mass is 79.9. The Hall–Kier alpha value is -1.01. The summed E-state index contributed by atoms with van der Waals surface area (Å²) >= 11 is 3.02. The number of carbonyl (C=O) groups excluding carboxylic acids is 1. The largest absolute Gasteiger partial charge is 0.355 e. The molecule has 0 saturated carbocycles. The number of amides is 1. The number of likely N-dealkylation sites (N-methyl/N-ethyl adjacent to an activating group) is 1. The van der Waals surface area contributed by atoms with Crippen molar-refractivity contribution in [1.29, 1.82) is 0 Å². The molecule has 0 fully saturated rings. The zero-order chi connectivity index (χ0) is 14.4. The number of nitrogens with zero attached hydrogens (tertiary/aromatic N) is 1. The molecule has 0 bridgehead atoms. The smallest absolute Gasteiger partial charge is 0.234 e. The summed E-state index contributed by atoms with van der Waals surface area (Å²) in [7, 11) is 1.64. The highest BCUT2D eigenvalue weighted by Crippen LogP contribution is 2.22. The molecule has 0 aromatic heterocycles. The Bertz CT molecular complexity index is 455. The van der Waals surface area contributed by atoms with Crippen molar-refractivity contribution in [3.05, 3.63) is 33.8 Å². The standard InChI is InChI=1S/C13H17BrF2N2O/c1-3-6-17-12(19)8-18(2)7-9-11(15)5-4-10(14)13(9)16/h4-5H,3,6-8H2,1-2H3,(H,17,19). The highest BCUT2D eigenvalue weighted by molar-refractivity contribution is 9.10. The lowest BCUT2D eigenvalue weighted by molar-refractivity contribution is -0.122. The Labute approximate surface area is 120 Å². The number of carbonyl (C=O) groups is 1. The van der Waals surface area contributed by atoms with E-state index in [1.54, 1.807) is 11.9 Å². The molecular formula is C13H17BrF2N2O. The van der Waals surface area contributed by atoms with Crippen LogP contribution in [0, 0.1) is 11.6 Å². The Morgan fingerprint density at radius 3 is 2.74 bits per heavy atom. The number of benzene rings is 1. The summed E-state index contributed by atoms with van der Waals surface area (Å²) in [4.78, 5) is 13.1. The van der Waals surface area contributed by atoms with Crippen molar-refractivity contribution in [3.8, 4) is 0 Å². The molecular weight excluding hydrogens is 318 g/mol. The molecule has 0 heterocycles. The fraction of sp³-hybridized carbons (Fsp3) is 0.462. The van der Waals surface area contributed by atoms with Gasteiger partial charge in [-0.3, -0.25) is 9.69 Å². The van der Waals surface area contributed by atoms with E-state index in [9.17, 15) is 13.6 Å². The first kappa shape index (κ1) is 16.0. The van der Waals surface area contributed by atoms with E-state index in [-0.39, 0.29) is 29.0 Å². The summed E-state index contributed by atoms with van der Waals surface area (Å²) in [6.45, 7) is 2.70. The van der Waals surface area contributed by atoms with Crippen LogP contribution in [0.15, 0.2) is 16.6 Å². The molecule has 1 rings (SSSR count). The maximum absolute atomic E-state index is 13.7. The van der Waals surface area contributed by atoms with Crippen LogP contribution >= 0.6 is 15.9 Å². The van der Waals surface area contributed by atoms with Gasteiger partial charge in [-0.05, 0) is 41.5 Å². The van der Waals surface area contributed by atoms with E-state index in [1.807, 2.05) is 6.92 Å². The Balaban J connectivity index is 2.64. The maximum atomic E-state index is 13.7. The van der Waals surface area contributed by atoms with Gasteiger partial charge in [-0.25, -0.2) is 8.78 Å². The normalized spacial score (nSPS) is 10.8. The molecule has 6 heteroatoms. The van der Waals surface area contributed by atoms with Crippen LogP contribution in [0.2, 0.25) is 0 Å². The van der Waals surface area contributed by atoms with Gasteiger partial charge in [-0.1, -0.05) is 6.92 Å². The zero-order valence-corrected chi connectivity index (χ0v) is 12.6. The Kier molecular flexibility index (Phi) is 6.37. The minimum absolute atomic E-state index is 0.0383. The molecule has 3 nitrogen and oxygen atoms in total. The fourth-order valence-corrected chi connectivity index (χ4v) is 1.98. The zero-order valence-electron chi connectivity index (χ0n) is 11.0. The van der Waals surface area contributed by atoms with E-state index in [0.29, 0.717) is 6.54 Å². The van der Waals surface area contributed by atoms with Gasteiger partial charge in [0.2, 0.25) is 5.91 Å². The lowest BCUT2D eigenvalue weighted by Crippen LogP contribution is -2.35. The number of hydrogen-bond acceptors (Lipinski definition) is 2. The van der Waals surface area contributed by atoms with Crippen LogP contribution in [0.3, 0.4) is 0 Å². The average Bonchev–Trinajstić information content (AvgIpc) is 2.36. The third-order valence-corrected chi connectivity index (χ3v) is 3.17. The molecule has 1 amide bonds. The van der Waals surface area contributed by atoms with Crippen molar-refractivity contribution in [1.82, 2.24) is 10.2 Å². The van der Waals surface area contributed by atoms with Crippen LogP contribution < -0.4 is 5.32 Å². The monoisotopic (exact) mass is 334 g/mol. The summed E-state index contributed by atoms with van der Waals surface area (Å²) in [5.41, 5.74) is -0.0415. The van der Waals surface area contributed by atoms with E-state index in [0.717, 1.165) is 6.42 Å². The van der Waals surface area contributed by atoms with Crippen molar-refractivity contribution < 1.29 is 13.6 Å². The van der Waals surface area contributed by atoms with Gasteiger partial charge in [0, 0.05) is 18.7 Å². The third-order valence-electron chi connectivity index (χ3n) is 2.55. The van der Waals surface area contributed by atoms with Gasteiger partial charge in [-0.15, -0.1) is 0 Å². The molecule has 1 N–H and O–H groups in total. The van der Waals surface area contributed by atoms with Crippen molar-refractivity contribution in [2.45, 2.75) is 19.9 Å². The molecule has 106 valence electrons. The quantitative estimate of drug-likeness (QED) is 0.811. The van der Waals surface area contributed by atoms with Crippen molar-refractivity contribution in [2.24, 2.45) is 0 Å². The summed E-state index contributed by atoms with van der Waals surface area (Å²) in [6.07, 6.45) is 0.852. The number of rotatable bonds is 6. The number of nitrogens with one attached hydrogen (secondary N) is 1. The SMILES string of the molecule is CCCNC(=O)CN(C)Cc1c(F)ccc(Br)c1F. The van der Waals surface area contributed by atoms with Crippen LogP contribution in [0.1, 0.15) is 18.9 Å². The molecule has 0 aliphatic heterocycles. The van der Waals surface area contributed by atoms with Gasteiger partial charge in [0.15, 0.2) is 0 Å². The predicted molar refractivity (Wildman–Crippen MR) is 73.7 cm³/mol. The second-order valence-electron chi connectivity index (χ2n) is 4.34. The van der Waals surface area contributed by atoms with E-state index < -0.39 is 11.6 Å². The maximum Gasteiger partial charge on any atom is 0.234 e. The first-order chi connectivity index (χ1) is 8.95. The molecule has 0 atom stereocenters.